The van der Waals surface area contributed by atoms with Gasteiger partial charge in [0.2, 0.25) is 5.89 Å². The molecule has 0 saturated carbocycles. The smallest absolute Gasteiger partial charge is 0.239 e. The molecule has 5 nitrogen and oxygen atoms in total. The molecule has 0 aliphatic carbocycles. The Kier molecular flexibility index (Phi) is 3.13. The Morgan fingerprint density at radius 1 is 1.20 bits per heavy atom. The highest BCUT2D eigenvalue weighted by molar-refractivity contribution is 5.80. The van der Waals surface area contributed by atoms with E-state index >= 15 is 0 Å². The predicted molar refractivity (Wildman–Crippen MR) is 75.5 cm³/mol. The maximum absolute atomic E-state index is 9.20. The number of aromatic nitrogens is 2. The number of anilines is 1. The molecule has 1 N–H and O–H groups in total. The molecular weight excluding hydrogens is 252 g/mol. The van der Waals surface area contributed by atoms with E-state index < -0.39 is 0 Å². The number of hydrogen-bond acceptors (Lipinski definition) is 5. The fourth-order valence-electron chi connectivity index (χ4n) is 1.72. The molecule has 0 saturated heterocycles. The molecule has 0 unspecified atom stereocenters. The van der Waals surface area contributed by atoms with E-state index in [1.54, 1.807) is 12.3 Å². The third-order valence-electron chi connectivity index (χ3n) is 2.67. The van der Waals surface area contributed by atoms with Gasteiger partial charge in [0.25, 0.3) is 0 Å². The van der Waals surface area contributed by atoms with E-state index in [2.05, 4.69) is 21.4 Å². The van der Waals surface area contributed by atoms with Gasteiger partial charge in [0.05, 0.1) is 0 Å². The topological polar surface area (TPSA) is 74.7 Å². The van der Waals surface area contributed by atoms with Crippen LogP contribution in [-0.2, 0) is 0 Å². The summed E-state index contributed by atoms with van der Waals surface area (Å²) < 4.78 is 5.55. The summed E-state index contributed by atoms with van der Waals surface area (Å²) in [7, 11) is 0. The monoisotopic (exact) mass is 262 g/mol. The molecule has 3 rings (SSSR count). The lowest BCUT2D eigenvalue weighted by Gasteiger charge is -1.98. The van der Waals surface area contributed by atoms with Gasteiger partial charge in [-0.3, -0.25) is 0 Å². The lowest BCUT2D eigenvalue weighted by Crippen LogP contribution is -1.93. The Balaban J connectivity index is 1.91. The second-order valence-electron chi connectivity index (χ2n) is 4.02. The van der Waals surface area contributed by atoms with Crippen molar-refractivity contribution in [1.29, 1.82) is 5.26 Å². The number of pyridine rings is 1. The zero-order chi connectivity index (χ0) is 13.8. The van der Waals surface area contributed by atoms with Crippen LogP contribution in [0.4, 0.5) is 5.82 Å². The first kappa shape index (κ1) is 11.9. The van der Waals surface area contributed by atoms with Crippen LogP contribution in [0.5, 0.6) is 0 Å². The summed E-state index contributed by atoms with van der Waals surface area (Å²) in [6.45, 7) is 0. The molecule has 0 bridgehead atoms. The van der Waals surface area contributed by atoms with E-state index in [4.69, 9.17) is 4.42 Å². The standard InChI is InChI=1S/C15H10N4O/c16-9-11(10-18-14-7-3-4-8-17-14)15-19-12-5-1-2-6-13(12)20-15/h1-8,10H,(H,17,18). The van der Waals surface area contributed by atoms with E-state index in [9.17, 15) is 5.26 Å². The minimum Gasteiger partial charge on any atom is -0.435 e. The van der Waals surface area contributed by atoms with Crippen molar-refractivity contribution in [2.24, 2.45) is 0 Å². The normalized spacial score (nSPS) is 11.2. The molecule has 5 heteroatoms. The molecule has 96 valence electrons. The molecule has 2 heterocycles. The van der Waals surface area contributed by atoms with Crippen molar-refractivity contribution in [3.05, 3.63) is 60.8 Å². The first-order valence-electron chi connectivity index (χ1n) is 6.00. The van der Waals surface area contributed by atoms with Crippen LogP contribution in [0.25, 0.3) is 16.7 Å². The van der Waals surface area contributed by atoms with E-state index in [1.165, 1.54) is 6.20 Å². The van der Waals surface area contributed by atoms with Gasteiger partial charge in [0, 0.05) is 12.4 Å². The summed E-state index contributed by atoms with van der Waals surface area (Å²) in [5.41, 5.74) is 1.69. The number of para-hydroxylation sites is 2. The first-order valence-corrected chi connectivity index (χ1v) is 6.00. The van der Waals surface area contributed by atoms with Gasteiger partial charge in [0.15, 0.2) is 5.58 Å². The average molecular weight is 262 g/mol. The van der Waals surface area contributed by atoms with Gasteiger partial charge in [0.1, 0.15) is 23.0 Å². The zero-order valence-electron chi connectivity index (χ0n) is 10.4. The molecule has 2 aromatic heterocycles. The molecule has 1 aromatic carbocycles. The predicted octanol–water partition coefficient (Wildman–Crippen LogP) is 3.20. The highest BCUT2D eigenvalue weighted by atomic mass is 16.3. The number of oxazole rings is 1. The molecular formula is C15H10N4O. The number of benzene rings is 1. The first-order chi connectivity index (χ1) is 9.86. The molecule has 0 radical (unpaired) electrons. The lowest BCUT2D eigenvalue weighted by molar-refractivity contribution is 0.586. The largest absolute Gasteiger partial charge is 0.435 e. The van der Waals surface area contributed by atoms with Gasteiger partial charge < -0.3 is 9.73 Å². The Hall–Kier alpha value is -3.13. The molecule has 0 aliphatic heterocycles. The van der Waals surface area contributed by atoms with Crippen LogP contribution in [0.3, 0.4) is 0 Å². The second kappa shape index (κ2) is 5.24. The van der Waals surface area contributed by atoms with Gasteiger partial charge >= 0.3 is 0 Å². The van der Waals surface area contributed by atoms with Crippen LogP contribution < -0.4 is 5.32 Å². The van der Waals surface area contributed by atoms with Gasteiger partial charge in [-0.05, 0) is 24.3 Å². The summed E-state index contributed by atoms with van der Waals surface area (Å²) in [4.78, 5) is 8.38. The van der Waals surface area contributed by atoms with Crippen LogP contribution >= 0.6 is 0 Å². The van der Waals surface area contributed by atoms with Gasteiger partial charge in [-0.2, -0.15) is 5.26 Å². The number of nitriles is 1. The third kappa shape index (κ3) is 2.35. The molecule has 0 amide bonds. The average Bonchev–Trinajstić information content (AvgIpc) is 2.92. The Bertz CT molecular complexity index is 766. The number of nitrogens with zero attached hydrogens (tertiary/aromatic N) is 3. The summed E-state index contributed by atoms with van der Waals surface area (Å²) in [6.07, 6.45) is 3.20. The van der Waals surface area contributed by atoms with Crippen LogP contribution in [0.1, 0.15) is 5.89 Å². The maximum Gasteiger partial charge on any atom is 0.239 e. The molecule has 0 fully saturated rings. The Morgan fingerprint density at radius 3 is 2.80 bits per heavy atom. The number of nitrogens with one attached hydrogen (secondary N) is 1. The Morgan fingerprint density at radius 2 is 2.05 bits per heavy atom. The fraction of sp³-hybridized carbons (Fsp3) is 0. The summed E-state index contributed by atoms with van der Waals surface area (Å²) >= 11 is 0. The van der Waals surface area contributed by atoms with Gasteiger partial charge in [-0.25, -0.2) is 9.97 Å². The van der Waals surface area contributed by atoms with Crippen molar-refractivity contribution >= 4 is 22.5 Å². The summed E-state index contributed by atoms with van der Waals surface area (Å²) in [6, 6.07) is 14.9. The van der Waals surface area contributed by atoms with E-state index in [1.807, 2.05) is 36.4 Å². The van der Waals surface area contributed by atoms with Crippen LogP contribution in [-0.4, -0.2) is 9.97 Å². The van der Waals surface area contributed by atoms with Crippen molar-refractivity contribution < 1.29 is 4.42 Å². The highest BCUT2D eigenvalue weighted by Gasteiger charge is 2.09. The maximum atomic E-state index is 9.20. The number of hydrogen-bond donors (Lipinski definition) is 1. The van der Waals surface area contributed by atoms with Crippen LogP contribution in [0, 0.1) is 11.3 Å². The molecule has 0 atom stereocenters. The van der Waals surface area contributed by atoms with Gasteiger partial charge in [-0.15, -0.1) is 0 Å². The van der Waals surface area contributed by atoms with E-state index in [0.717, 1.165) is 5.52 Å². The van der Waals surface area contributed by atoms with E-state index in [0.29, 0.717) is 17.0 Å². The van der Waals surface area contributed by atoms with Crippen molar-refractivity contribution in [3.8, 4) is 6.07 Å². The zero-order valence-corrected chi connectivity index (χ0v) is 10.4. The third-order valence-corrected chi connectivity index (χ3v) is 2.67. The summed E-state index contributed by atoms with van der Waals surface area (Å²) in [5.74, 6) is 0.938. The Labute approximate surface area is 115 Å². The minimum absolute atomic E-state index is 0.289. The molecule has 3 aromatic rings. The van der Waals surface area contributed by atoms with Crippen molar-refractivity contribution in [2.45, 2.75) is 0 Å². The SMILES string of the molecule is N#CC(=CNc1ccccn1)c1nc2ccccc2o1. The van der Waals surface area contributed by atoms with Crippen molar-refractivity contribution in [2.75, 3.05) is 5.32 Å². The number of allylic oxidation sites excluding steroid dienone is 1. The van der Waals surface area contributed by atoms with Crippen molar-refractivity contribution in [3.63, 3.8) is 0 Å². The quantitative estimate of drug-likeness (QED) is 0.733. The second-order valence-corrected chi connectivity index (χ2v) is 4.02. The van der Waals surface area contributed by atoms with E-state index in [-0.39, 0.29) is 5.89 Å². The molecule has 0 aliphatic rings. The minimum atomic E-state index is 0.289. The summed E-state index contributed by atoms with van der Waals surface area (Å²) in [5, 5.41) is 12.1. The molecule has 0 spiro atoms. The molecule has 20 heavy (non-hydrogen) atoms. The number of fused-ring (bicyclic) bond motifs is 1. The number of rotatable bonds is 3. The van der Waals surface area contributed by atoms with Crippen LogP contribution in [0.2, 0.25) is 0 Å². The fourth-order valence-corrected chi connectivity index (χ4v) is 1.72. The van der Waals surface area contributed by atoms with Crippen LogP contribution in [0.15, 0.2) is 59.3 Å². The van der Waals surface area contributed by atoms with Crippen molar-refractivity contribution in [1.82, 2.24) is 9.97 Å². The highest BCUT2D eigenvalue weighted by Crippen LogP contribution is 2.20. The lowest BCUT2D eigenvalue weighted by atomic mass is 10.3. The van der Waals surface area contributed by atoms with Gasteiger partial charge in [-0.1, -0.05) is 18.2 Å².